The van der Waals surface area contributed by atoms with Gasteiger partial charge in [0.25, 0.3) is 5.91 Å². The molecule has 1 saturated heterocycles. The molecule has 1 N–H and O–H groups in total. The molecule has 3 heterocycles. The number of amides is 1. The molecule has 2 aromatic rings. The highest BCUT2D eigenvalue weighted by Gasteiger charge is 2.21. The standard InChI is InChI=1S/C19H22N4O3/c1-2-22-7-9-23(10-8-22)19(24)14-3-6-18(20-12-14)21-15-4-5-16-17(11-15)26-13-25-16/h3-6,11-12H,2,7-10,13H2,1H3,(H,20,21). The van der Waals surface area contributed by atoms with Crippen LogP contribution in [0.15, 0.2) is 36.5 Å². The van der Waals surface area contributed by atoms with Gasteiger partial charge in [-0.05, 0) is 30.8 Å². The van der Waals surface area contributed by atoms with Gasteiger partial charge < -0.3 is 24.6 Å². The predicted molar refractivity (Wildman–Crippen MR) is 98.1 cm³/mol. The summed E-state index contributed by atoms with van der Waals surface area (Å²) in [6.07, 6.45) is 1.63. The van der Waals surface area contributed by atoms with E-state index in [1.807, 2.05) is 35.2 Å². The summed E-state index contributed by atoms with van der Waals surface area (Å²) in [6.45, 7) is 6.82. The zero-order chi connectivity index (χ0) is 17.9. The summed E-state index contributed by atoms with van der Waals surface area (Å²) in [4.78, 5) is 21.2. The lowest BCUT2D eigenvalue weighted by atomic mass is 10.2. The maximum absolute atomic E-state index is 12.6. The van der Waals surface area contributed by atoms with Crippen LogP contribution in [0.4, 0.5) is 11.5 Å². The highest BCUT2D eigenvalue weighted by atomic mass is 16.7. The van der Waals surface area contributed by atoms with Crippen molar-refractivity contribution in [3.05, 3.63) is 42.1 Å². The largest absolute Gasteiger partial charge is 0.454 e. The van der Waals surface area contributed by atoms with Gasteiger partial charge in [0.2, 0.25) is 6.79 Å². The molecule has 1 aromatic carbocycles. The van der Waals surface area contributed by atoms with Gasteiger partial charge in [-0.25, -0.2) is 4.98 Å². The predicted octanol–water partition coefficient (Wildman–Crippen LogP) is 2.33. The Morgan fingerprint density at radius 1 is 1.12 bits per heavy atom. The van der Waals surface area contributed by atoms with E-state index >= 15 is 0 Å². The molecule has 0 atom stereocenters. The summed E-state index contributed by atoms with van der Waals surface area (Å²) in [6, 6.07) is 9.27. The van der Waals surface area contributed by atoms with Crippen LogP contribution in [0.3, 0.4) is 0 Å². The van der Waals surface area contributed by atoms with Crippen LogP contribution in [-0.2, 0) is 0 Å². The van der Waals surface area contributed by atoms with E-state index in [0.29, 0.717) is 17.1 Å². The molecule has 0 aliphatic carbocycles. The summed E-state index contributed by atoms with van der Waals surface area (Å²) in [5.74, 6) is 2.18. The van der Waals surface area contributed by atoms with Gasteiger partial charge in [0.1, 0.15) is 5.82 Å². The summed E-state index contributed by atoms with van der Waals surface area (Å²) in [5, 5.41) is 3.21. The molecule has 1 aromatic heterocycles. The fourth-order valence-electron chi connectivity index (χ4n) is 3.17. The number of ether oxygens (including phenoxy) is 2. The van der Waals surface area contributed by atoms with E-state index in [2.05, 4.69) is 22.1 Å². The van der Waals surface area contributed by atoms with Crippen molar-refractivity contribution in [1.82, 2.24) is 14.8 Å². The fourth-order valence-corrected chi connectivity index (χ4v) is 3.17. The molecule has 0 saturated carbocycles. The number of benzene rings is 1. The fraction of sp³-hybridized carbons (Fsp3) is 0.368. The van der Waals surface area contributed by atoms with Crippen LogP contribution < -0.4 is 14.8 Å². The lowest BCUT2D eigenvalue weighted by Crippen LogP contribution is -2.48. The molecule has 7 heteroatoms. The van der Waals surface area contributed by atoms with Crippen molar-refractivity contribution in [2.24, 2.45) is 0 Å². The molecule has 1 fully saturated rings. The number of nitrogens with one attached hydrogen (secondary N) is 1. The normalized spacial score (nSPS) is 16.6. The van der Waals surface area contributed by atoms with Crippen molar-refractivity contribution in [2.45, 2.75) is 6.92 Å². The second-order valence-electron chi connectivity index (χ2n) is 6.35. The highest BCUT2D eigenvalue weighted by molar-refractivity contribution is 5.94. The van der Waals surface area contributed by atoms with E-state index in [1.165, 1.54) is 0 Å². The third kappa shape index (κ3) is 3.43. The van der Waals surface area contributed by atoms with Gasteiger partial charge in [0, 0.05) is 44.1 Å². The van der Waals surface area contributed by atoms with Crippen LogP contribution >= 0.6 is 0 Å². The van der Waals surface area contributed by atoms with E-state index in [1.54, 1.807) is 6.20 Å². The minimum absolute atomic E-state index is 0.0443. The van der Waals surface area contributed by atoms with E-state index in [-0.39, 0.29) is 12.7 Å². The average molecular weight is 354 g/mol. The number of pyridine rings is 1. The third-order valence-electron chi connectivity index (χ3n) is 4.76. The first-order valence-corrected chi connectivity index (χ1v) is 8.87. The molecule has 1 amide bonds. The number of piperazine rings is 1. The lowest BCUT2D eigenvalue weighted by Gasteiger charge is -2.34. The number of nitrogens with zero attached hydrogens (tertiary/aromatic N) is 3. The number of carbonyl (C=O) groups excluding carboxylic acids is 1. The average Bonchev–Trinajstić information content (AvgIpc) is 3.16. The number of hydrogen-bond acceptors (Lipinski definition) is 6. The minimum atomic E-state index is 0.0443. The molecular formula is C19H22N4O3. The highest BCUT2D eigenvalue weighted by Crippen LogP contribution is 2.34. The van der Waals surface area contributed by atoms with E-state index in [4.69, 9.17) is 9.47 Å². The zero-order valence-electron chi connectivity index (χ0n) is 14.8. The molecule has 26 heavy (non-hydrogen) atoms. The van der Waals surface area contributed by atoms with E-state index in [0.717, 1.165) is 44.2 Å². The van der Waals surface area contributed by atoms with Gasteiger partial charge >= 0.3 is 0 Å². The van der Waals surface area contributed by atoms with Crippen molar-refractivity contribution < 1.29 is 14.3 Å². The van der Waals surface area contributed by atoms with Crippen LogP contribution in [0, 0.1) is 0 Å². The number of aromatic nitrogens is 1. The molecule has 2 aliphatic heterocycles. The zero-order valence-corrected chi connectivity index (χ0v) is 14.8. The van der Waals surface area contributed by atoms with Gasteiger partial charge in [-0.2, -0.15) is 0 Å². The molecule has 0 unspecified atom stereocenters. The first-order valence-electron chi connectivity index (χ1n) is 8.87. The second kappa shape index (κ2) is 7.21. The number of likely N-dealkylation sites (N-methyl/N-ethyl adjacent to an activating group) is 1. The first kappa shape index (κ1) is 16.7. The van der Waals surface area contributed by atoms with Crippen LogP contribution in [-0.4, -0.2) is 60.2 Å². The second-order valence-corrected chi connectivity index (χ2v) is 6.35. The Labute approximate surface area is 152 Å². The number of hydrogen-bond donors (Lipinski definition) is 1. The monoisotopic (exact) mass is 354 g/mol. The van der Waals surface area contributed by atoms with Gasteiger partial charge in [-0.3, -0.25) is 4.79 Å². The topological polar surface area (TPSA) is 66.9 Å². The van der Waals surface area contributed by atoms with Gasteiger partial charge in [0.15, 0.2) is 11.5 Å². The molecule has 0 bridgehead atoms. The van der Waals surface area contributed by atoms with Crippen LogP contribution in [0.2, 0.25) is 0 Å². The smallest absolute Gasteiger partial charge is 0.255 e. The number of carbonyl (C=O) groups is 1. The van der Waals surface area contributed by atoms with Crippen molar-refractivity contribution in [3.8, 4) is 11.5 Å². The van der Waals surface area contributed by atoms with Crippen molar-refractivity contribution in [1.29, 1.82) is 0 Å². The Hall–Kier alpha value is -2.80. The van der Waals surface area contributed by atoms with E-state index in [9.17, 15) is 4.79 Å². The Morgan fingerprint density at radius 2 is 1.92 bits per heavy atom. The Morgan fingerprint density at radius 3 is 2.65 bits per heavy atom. The molecule has 2 aliphatic rings. The number of anilines is 2. The Kier molecular flexibility index (Phi) is 4.62. The van der Waals surface area contributed by atoms with Gasteiger partial charge in [0.05, 0.1) is 5.56 Å². The van der Waals surface area contributed by atoms with E-state index < -0.39 is 0 Å². The maximum atomic E-state index is 12.6. The summed E-state index contributed by atoms with van der Waals surface area (Å²) < 4.78 is 10.7. The SMILES string of the molecule is CCN1CCN(C(=O)c2ccc(Nc3ccc4c(c3)OCO4)nc2)CC1. The molecule has 0 spiro atoms. The quantitative estimate of drug-likeness (QED) is 0.909. The van der Waals surface area contributed by atoms with Gasteiger partial charge in [-0.15, -0.1) is 0 Å². The van der Waals surface area contributed by atoms with Gasteiger partial charge in [-0.1, -0.05) is 6.92 Å². The van der Waals surface area contributed by atoms with Crippen LogP contribution in [0.5, 0.6) is 11.5 Å². The molecular weight excluding hydrogens is 332 g/mol. The maximum Gasteiger partial charge on any atom is 0.255 e. The number of rotatable bonds is 4. The minimum Gasteiger partial charge on any atom is -0.454 e. The number of fused-ring (bicyclic) bond motifs is 1. The molecule has 136 valence electrons. The summed E-state index contributed by atoms with van der Waals surface area (Å²) >= 11 is 0. The molecule has 7 nitrogen and oxygen atoms in total. The molecule has 4 rings (SSSR count). The third-order valence-corrected chi connectivity index (χ3v) is 4.76. The van der Waals surface area contributed by atoms with Crippen molar-refractivity contribution in [2.75, 3.05) is 44.8 Å². The van der Waals surface area contributed by atoms with Crippen molar-refractivity contribution in [3.63, 3.8) is 0 Å². The van der Waals surface area contributed by atoms with Crippen LogP contribution in [0.25, 0.3) is 0 Å². The van der Waals surface area contributed by atoms with Crippen LogP contribution in [0.1, 0.15) is 17.3 Å². The Bertz CT molecular complexity index is 786. The molecule has 0 radical (unpaired) electrons. The Balaban J connectivity index is 1.39. The first-order chi connectivity index (χ1) is 12.7. The summed E-state index contributed by atoms with van der Waals surface area (Å²) in [5.41, 5.74) is 1.47. The lowest BCUT2D eigenvalue weighted by molar-refractivity contribution is 0.0643. The summed E-state index contributed by atoms with van der Waals surface area (Å²) in [7, 11) is 0. The van der Waals surface area contributed by atoms with Crippen molar-refractivity contribution >= 4 is 17.4 Å².